The predicted molar refractivity (Wildman–Crippen MR) is 79.3 cm³/mol. The second kappa shape index (κ2) is 5.17. The highest BCUT2D eigenvalue weighted by atomic mass is 15.1. The number of aromatic nitrogens is 2. The summed E-state index contributed by atoms with van der Waals surface area (Å²) in [6.45, 7) is 11.3. The van der Waals surface area contributed by atoms with Crippen molar-refractivity contribution in [2.24, 2.45) is 5.73 Å². The van der Waals surface area contributed by atoms with E-state index in [4.69, 9.17) is 5.73 Å². The van der Waals surface area contributed by atoms with Gasteiger partial charge in [0.25, 0.3) is 0 Å². The lowest BCUT2D eigenvalue weighted by molar-refractivity contribution is 0.562. The zero-order valence-electron chi connectivity index (χ0n) is 12.5. The molecule has 19 heavy (non-hydrogen) atoms. The number of hydrogen-bond donors (Lipinski definition) is 1. The lowest BCUT2D eigenvalue weighted by Gasteiger charge is -2.19. The molecule has 102 valence electrons. The van der Waals surface area contributed by atoms with Gasteiger partial charge in [-0.25, -0.2) is 4.98 Å². The Bertz CT molecular complexity index is 573. The van der Waals surface area contributed by atoms with Gasteiger partial charge in [0.15, 0.2) is 0 Å². The van der Waals surface area contributed by atoms with Gasteiger partial charge in [-0.15, -0.1) is 0 Å². The molecule has 0 amide bonds. The SMILES string of the molecule is Cc1cc(C)c(C(N)Cn2cnc(C)c2C)c(C)c1. The molecule has 2 N–H and O–H groups in total. The summed E-state index contributed by atoms with van der Waals surface area (Å²) < 4.78 is 2.14. The first-order valence-corrected chi connectivity index (χ1v) is 6.71. The molecule has 0 radical (unpaired) electrons. The number of aryl methyl sites for hydroxylation is 4. The summed E-state index contributed by atoms with van der Waals surface area (Å²) >= 11 is 0. The van der Waals surface area contributed by atoms with Gasteiger partial charge in [-0.05, 0) is 51.3 Å². The molecular formula is C16H23N3. The minimum Gasteiger partial charge on any atom is -0.333 e. The van der Waals surface area contributed by atoms with E-state index in [1.807, 2.05) is 13.3 Å². The standard InChI is InChI=1S/C16H23N3/c1-10-6-11(2)16(12(3)7-10)15(17)8-19-9-18-13(4)14(19)5/h6-7,9,15H,8,17H2,1-5H3. The quantitative estimate of drug-likeness (QED) is 0.918. The first kappa shape index (κ1) is 13.8. The molecule has 3 heteroatoms. The highest BCUT2D eigenvalue weighted by Gasteiger charge is 2.14. The molecule has 1 heterocycles. The maximum atomic E-state index is 6.41. The van der Waals surface area contributed by atoms with Crippen LogP contribution in [0.25, 0.3) is 0 Å². The molecule has 0 saturated heterocycles. The Kier molecular flexibility index (Phi) is 3.76. The number of benzene rings is 1. The van der Waals surface area contributed by atoms with Crippen molar-refractivity contribution in [3.63, 3.8) is 0 Å². The Balaban J connectivity index is 2.30. The maximum absolute atomic E-state index is 6.41. The van der Waals surface area contributed by atoms with Gasteiger partial charge in [0.1, 0.15) is 0 Å². The second-order valence-electron chi connectivity index (χ2n) is 5.49. The number of imidazole rings is 1. The molecule has 2 rings (SSSR count). The van der Waals surface area contributed by atoms with Crippen LogP contribution in [0, 0.1) is 34.6 Å². The van der Waals surface area contributed by atoms with Crippen LogP contribution in [-0.4, -0.2) is 9.55 Å². The highest BCUT2D eigenvalue weighted by Crippen LogP contribution is 2.23. The molecule has 0 aliphatic heterocycles. The normalized spacial score (nSPS) is 12.7. The fourth-order valence-electron chi connectivity index (χ4n) is 2.81. The third-order valence-electron chi connectivity index (χ3n) is 3.85. The van der Waals surface area contributed by atoms with E-state index in [1.54, 1.807) is 0 Å². The smallest absolute Gasteiger partial charge is 0.0952 e. The monoisotopic (exact) mass is 257 g/mol. The van der Waals surface area contributed by atoms with Gasteiger partial charge < -0.3 is 10.3 Å². The van der Waals surface area contributed by atoms with E-state index >= 15 is 0 Å². The second-order valence-corrected chi connectivity index (χ2v) is 5.49. The van der Waals surface area contributed by atoms with Crippen molar-refractivity contribution < 1.29 is 0 Å². The molecule has 1 aromatic heterocycles. The van der Waals surface area contributed by atoms with Gasteiger partial charge in [-0.1, -0.05) is 17.7 Å². The van der Waals surface area contributed by atoms with E-state index in [0.29, 0.717) is 0 Å². The number of rotatable bonds is 3. The number of hydrogen-bond acceptors (Lipinski definition) is 2. The van der Waals surface area contributed by atoms with E-state index in [2.05, 4.69) is 49.4 Å². The van der Waals surface area contributed by atoms with Crippen molar-refractivity contribution in [1.29, 1.82) is 0 Å². The maximum Gasteiger partial charge on any atom is 0.0952 e. The molecule has 1 aromatic carbocycles. The van der Waals surface area contributed by atoms with Crippen molar-refractivity contribution in [2.45, 2.75) is 47.2 Å². The predicted octanol–water partition coefficient (Wildman–Crippen LogP) is 3.13. The van der Waals surface area contributed by atoms with E-state index < -0.39 is 0 Å². The number of nitrogens with two attached hydrogens (primary N) is 1. The van der Waals surface area contributed by atoms with Gasteiger partial charge in [0.2, 0.25) is 0 Å². The van der Waals surface area contributed by atoms with Crippen LogP contribution in [0.2, 0.25) is 0 Å². The van der Waals surface area contributed by atoms with Crippen LogP contribution in [0.3, 0.4) is 0 Å². The lowest BCUT2D eigenvalue weighted by Crippen LogP contribution is -2.20. The largest absolute Gasteiger partial charge is 0.333 e. The molecular weight excluding hydrogens is 234 g/mol. The van der Waals surface area contributed by atoms with Gasteiger partial charge in [-0.2, -0.15) is 0 Å². The minimum atomic E-state index is 0.00731. The van der Waals surface area contributed by atoms with E-state index in [9.17, 15) is 0 Å². The summed E-state index contributed by atoms with van der Waals surface area (Å²) in [5.41, 5.74) is 13.8. The van der Waals surface area contributed by atoms with E-state index in [1.165, 1.54) is 27.9 Å². The molecule has 0 bridgehead atoms. The Morgan fingerprint density at radius 2 is 1.68 bits per heavy atom. The Morgan fingerprint density at radius 1 is 1.11 bits per heavy atom. The molecule has 1 atom stereocenters. The average molecular weight is 257 g/mol. The van der Waals surface area contributed by atoms with Crippen molar-refractivity contribution in [2.75, 3.05) is 0 Å². The zero-order valence-corrected chi connectivity index (χ0v) is 12.5. The van der Waals surface area contributed by atoms with Crippen LogP contribution >= 0.6 is 0 Å². The topological polar surface area (TPSA) is 43.8 Å². The fraction of sp³-hybridized carbons (Fsp3) is 0.438. The summed E-state index contributed by atoms with van der Waals surface area (Å²) in [5, 5.41) is 0. The van der Waals surface area contributed by atoms with Crippen molar-refractivity contribution in [3.05, 3.63) is 52.1 Å². The van der Waals surface area contributed by atoms with Gasteiger partial charge in [0.05, 0.1) is 12.0 Å². The first-order chi connectivity index (χ1) is 8.90. The van der Waals surface area contributed by atoms with Crippen LogP contribution in [0.1, 0.15) is 39.7 Å². The van der Waals surface area contributed by atoms with Gasteiger partial charge >= 0.3 is 0 Å². The van der Waals surface area contributed by atoms with Crippen LogP contribution < -0.4 is 5.73 Å². The molecule has 1 unspecified atom stereocenters. The molecule has 2 aromatic rings. The molecule has 0 aliphatic rings. The summed E-state index contributed by atoms with van der Waals surface area (Å²) in [6, 6.07) is 4.41. The summed E-state index contributed by atoms with van der Waals surface area (Å²) in [6.07, 6.45) is 1.88. The average Bonchev–Trinajstić information content (AvgIpc) is 2.59. The van der Waals surface area contributed by atoms with Crippen molar-refractivity contribution in [3.8, 4) is 0 Å². The van der Waals surface area contributed by atoms with Gasteiger partial charge in [-0.3, -0.25) is 0 Å². The highest BCUT2D eigenvalue weighted by molar-refractivity contribution is 5.39. The van der Waals surface area contributed by atoms with E-state index in [0.717, 1.165) is 12.2 Å². The third-order valence-corrected chi connectivity index (χ3v) is 3.85. The molecule has 0 fully saturated rings. The molecule has 0 spiro atoms. The van der Waals surface area contributed by atoms with Crippen LogP contribution in [0.15, 0.2) is 18.5 Å². The lowest BCUT2D eigenvalue weighted by atomic mass is 9.94. The van der Waals surface area contributed by atoms with Crippen LogP contribution in [0.4, 0.5) is 0 Å². The van der Waals surface area contributed by atoms with Crippen LogP contribution in [-0.2, 0) is 6.54 Å². The Hall–Kier alpha value is -1.61. The van der Waals surface area contributed by atoms with Crippen molar-refractivity contribution in [1.82, 2.24) is 9.55 Å². The Labute approximate surface area is 115 Å². The minimum absolute atomic E-state index is 0.00731. The van der Waals surface area contributed by atoms with Crippen molar-refractivity contribution >= 4 is 0 Å². The third kappa shape index (κ3) is 2.71. The summed E-state index contributed by atoms with van der Waals surface area (Å²) in [4.78, 5) is 4.33. The molecule has 3 nitrogen and oxygen atoms in total. The fourth-order valence-corrected chi connectivity index (χ4v) is 2.81. The molecule has 0 saturated carbocycles. The Morgan fingerprint density at radius 3 is 2.16 bits per heavy atom. The number of nitrogens with zero attached hydrogens (tertiary/aromatic N) is 2. The first-order valence-electron chi connectivity index (χ1n) is 6.71. The molecule has 0 aliphatic carbocycles. The van der Waals surface area contributed by atoms with Gasteiger partial charge in [0, 0.05) is 18.3 Å². The zero-order chi connectivity index (χ0) is 14.2. The summed E-state index contributed by atoms with van der Waals surface area (Å²) in [5.74, 6) is 0. The van der Waals surface area contributed by atoms with Crippen LogP contribution in [0.5, 0.6) is 0 Å². The van der Waals surface area contributed by atoms with E-state index in [-0.39, 0.29) is 6.04 Å². The summed E-state index contributed by atoms with van der Waals surface area (Å²) in [7, 11) is 0.